The maximum Gasteiger partial charge on any atom is 0.0911 e. The molecule has 2 rings (SSSR count). The molecule has 1 unspecified atom stereocenters. The molecule has 1 aliphatic rings. The van der Waals surface area contributed by atoms with E-state index in [9.17, 15) is 4.21 Å². The van der Waals surface area contributed by atoms with Crippen LogP contribution in [0.1, 0.15) is 30.9 Å². The molecule has 0 aromatic heterocycles. The Bertz CT molecular complexity index is 440. The van der Waals surface area contributed by atoms with Gasteiger partial charge in [0.25, 0.3) is 0 Å². The summed E-state index contributed by atoms with van der Waals surface area (Å²) in [4.78, 5) is 2.45. The second kappa shape index (κ2) is 6.64. The molecule has 19 heavy (non-hydrogen) atoms. The molecule has 0 saturated carbocycles. The molecule has 1 fully saturated rings. The molecule has 0 N–H and O–H groups in total. The van der Waals surface area contributed by atoms with Gasteiger partial charge in [-0.05, 0) is 17.0 Å². The van der Waals surface area contributed by atoms with Gasteiger partial charge in [0.2, 0.25) is 0 Å². The summed E-state index contributed by atoms with van der Waals surface area (Å²) in [5.74, 6) is 0.583. The highest BCUT2D eigenvalue weighted by Crippen LogP contribution is 2.17. The topological polar surface area (TPSA) is 23.6 Å². The van der Waals surface area contributed by atoms with E-state index >= 15 is 0 Å². The fraction of sp³-hybridized carbons (Fsp3) is 0.600. The van der Waals surface area contributed by atoms with Crippen molar-refractivity contribution in [2.45, 2.75) is 26.3 Å². The van der Waals surface area contributed by atoms with E-state index in [-0.39, 0.29) is 0 Å². The van der Waals surface area contributed by atoms with Gasteiger partial charge < -0.3 is 0 Å². The van der Waals surface area contributed by atoms with E-state index in [1.165, 1.54) is 11.1 Å². The Hall–Kier alpha value is -0.710. The van der Waals surface area contributed by atoms with Crippen LogP contribution < -0.4 is 0 Å². The minimum atomic E-state index is -0.817. The van der Waals surface area contributed by atoms with Crippen LogP contribution in [0, 0.1) is 0 Å². The molecule has 0 aliphatic carbocycles. The van der Waals surface area contributed by atoms with Crippen molar-refractivity contribution in [3.63, 3.8) is 0 Å². The van der Waals surface area contributed by atoms with Crippen LogP contribution in [-0.4, -0.2) is 45.8 Å². The van der Waals surface area contributed by atoms with E-state index in [4.69, 9.17) is 0 Å². The lowest BCUT2D eigenvalue weighted by atomic mass is 10.0. The zero-order chi connectivity index (χ0) is 13.8. The maximum absolute atomic E-state index is 11.4. The van der Waals surface area contributed by atoms with Crippen molar-refractivity contribution in [2.75, 3.05) is 32.4 Å². The Morgan fingerprint density at radius 3 is 2.47 bits per heavy atom. The molecule has 0 spiro atoms. The number of rotatable bonds is 4. The van der Waals surface area contributed by atoms with Gasteiger partial charge in [0.05, 0.1) is 11.0 Å². The third-order valence-electron chi connectivity index (χ3n) is 3.72. The minimum absolute atomic E-state index is 0.583. The minimum Gasteiger partial charge on any atom is -0.296 e. The smallest absolute Gasteiger partial charge is 0.0911 e. The molecule has 1 atom stereocenters. The Balaban J connectivity index is 1.92. The van der Waals surface area contributed by atoms with Gasteiger partial charge in [-0.1, -0.05) is 38.1 Å². The van der Waals surface area contributed by atoms with Crippen molar-refractivity contribution >= 4 is 11.0 Å². The third-order valence-corrected chi connectivity index (χ3v) is 4.81. The molecule has 0 amide bonds. The van der Waals surface area contributed by atoms with Crippen LogP contribution in [0.25, 0.3) is 0 Å². The molecule has 1 saturated heterocycles. The van der Waals surface area contributed by atoms with E-state index < -0.39 is 11.0 Å². The molecule has 0 bridgehead atoms. The molecule has 0 radical (unpaired) electrons. The van der Waals surface area contributed by atoms with Crippen molar-refractivity contribution in [3.05, 3.63) is 35.4 Å². The Morgan fingerprint density at radius 1 is 1.21 bits per heavy atom. The molecule has 1 aromatic rings. The summed E-state index contributed by atoms with van der Waals surface area (Å²) in [5.41, 5.74) is 2.79. The summed E-state index contributed by atoms with van der Waals surface area (Å²) in [7, 11) is -0.817. The first kappa shape index (κ1) is 14.7. The van der Waals surface area contributed by atoms with Crippen molar-refractivity contribution < 1.29 is 4.21 Å². The summed E-state index contributed by atoms with van der Waals surface area (Å²) in [5, 5.41) is 0. The van der Waals surface area contributed by atoms with Crippen molar-refractivity contribution in [2.24, 2.45) is 0 Å². The summed E-state index contributed by atoms with van der Waals surface area (Å²) >= 11 is 0. The average Bonchev–Trinajstić information content (AvgIpc) is 2.39. The van der Waals surface area contributed by atoms with Crippen molar-refractivity contribution in [1.82, 2.24) is 9.21 Å². The second-order valence-electron chi connectivity index (χ2n) is 5.53. The predicted molar refractivity (Wildman–Crippen MR) is 81.4 cm³/mol. The standard InChI is InChI=1S/C15H24N2OS/c1-13(2)15-6-4-5-14(11-15)12-16-7-9-17(10-8-16)19(3)18/h4-6,11,13H,7-10,12H2,1-3H3. The van der Waals surface area contributed by atoms with E-state index in [1.807, 2.05) is 4.31 Å². The zero-order valence-corrected chi connectivity index (χ0v) is 12.9. The van der Waals surface area contributed by atoms with Crippen LogP contribution in [0.15, 0.2) is 24.3 Å². The molecule has 4 heteroatoms. The highest BCUT2D eigenvalue weighted by molar-refractivity contribution is 7.81. The van der Waals surface area contributed by atoms with Crippen LogP contribution in [-0.2, 0) is 17.5 Å². The van der Waals surface area contributed by atoms with E-state index in [0.717, 1.165) is 32.7 Å². The average molecular weight is 280 g/mol. The predicted octanol–water partition coefficient (Wildman–Crippen LogP) is 2.22. The summed E-state index contributed by atoms with van der Waals surface area (Å²) in [6, 6.07) is 8.87. The van der Waals surface area contributed by atoms with Crippen LogP contribution in [0.5, 0.6) is 0 Å². The van der Waals surface area contributed by atoms with Gasteiger partial charge in [-0.25, -0.2) is 8.51 Å². The van der Waals surface area contributed by atoms with Gasteiger partial charge in [-0.3, -0.25) is 4.90 Å². The quantitative estimate of drug-likeness (QED) is 0.844. The van der Waals surface area contributed by atoms with E-state index in [1.54, 1.807) is 6.26 Å². The Morgan fingerprint density at radius 2 is 1.89 bits per heavy atom. The zero-order valence-electron chi connectivity index (χ0n) is 12.1. The summed E-state index contributed by atoms with van der Waals surface area (Å²) in [6.07, 6.45) is 1.77. The second-order valence-corrected chi connectivity index (χ2v) is 6.89. The van der Waals surface area contributed by atoms with Gasteiger partial charge in [0.1, 0.15) is 0 Å². The number of benzene rings is 1. The fourth-order valence-corrected chi connectivity index (χ4v) is 3.13. The maximum atomic E-state index is 11.4. The fourth-order valence-electron chi connectivity index (χ4n) is 2.45. The lowest BCUT2D eigenvalue weighted by molar-refractivity contribution is 0.186. The van der Waals surface area contributed by atoms with Gasteiger partial charge in [0, 0.05) is 39.0 Å². The molecule has 1 aliphatic heterocycles. The Labute approximate surface area is 119 Å². The van der Waals surface area contributed by atoms with Crippen LogP contribution in [0.4, 0.5) is 0 Å². The largest absolute Gasteiger partial charge is 0.296 e. The lowest BCUT2D eigenvalue weighted by Gasteiger charge is -2.33. The highest BCUT2D eigenvalue weighted by Gasteiger charge is 2.18. The van der Waals surface area contributed by atoms with Gasteiger partial charge >= 0.3 is 0 Å². The monoisotopic (exact) mass is 280 g/mol. The number of hydrogen-bond donors (Lipinski definition) is 0. The molecule has 1 heterocycles. The van der Waals surface area contributed by atoms with Crippen LogP contribution in [0.3, 0.4) is 0 Å². The molecular formula is C15H24N2OS. The first-order valence-corrected chi connectivity index (χ1v) is 8.47. The van der Waals surface area contributed by atoms with Crippen LogP contribution >= 0.6 is 0 Å². The van der Waals surface area contributed by atoms with Gasteiger partial charge in [0.15, 0.2) is 0 Å². The third kappa shape index (κ3) is 4.13. The summed E-state index contributed by atoms with van der Waals surface area (Å²) in [6.45, 7) is 9.30. The van der Waals surface area contributed by atoms with Gasteiger partial charge in [-0.2, -0.15) is 0 Å². The number of hydrogen-bond acceptors (Lipinski definition) is 2. The number of nitrogens with zero attached hydrogens (tertiary/aromatic N) is 2. The SMILES string of the molecule is CC(C)c1cccc(CN2CCN(S(C)=O)CC2)c1. The highest BCUT2D eigenvalue weighted by atomic mass is 32.2. The number of piperazine rings is 1. The normalized spacial score (nSPS) is 19.8. The summed E-state index contributed by atoms with van der Waals surface area (Å²) < 4.78 is 13.4. The van der Waals surface area contributed by atoms with Crippen molar-refractivity contribution in [3.8, 4) is 0 Å². The van der Waals surface area contributed by atoms with E-state index in [2.05, 4.69) is 43.0 Å². The van der Waals surface area contributed by atoms with E-state index in [0.29, 0.717) is 5.92 Å². The molecule has 1 aromatic carbocycles. The molecule has 106 valence electrons. The first-order chi connectivity index (χ1) is 9.06. The lowest BCUT2D eigenvalue weighted by Crippen LogP contribution is -2.46. The van der Waals surface area contributed by atoms with Crippen molar-refractivity contribution in [1.29, 1.82) is 0 Å². The first-order valence-electron chi connectivity index (χ1n) is 6.96. The molecule has 3 nitrogen and oxygen atoms in total. The van der Waals surface area contributed by atoms with Gasteiger partial charge in [-0.15, -0.1) is 0 Å². The van der Waals surface area contributed by atoms with Crippen LogP contribution in [0.2, 0.25) is 0 Å². The molecular weight excluding hydrogens is 256 g/mol. The Kier molecular flexibility index (Phi) is 5.13.